The number of benzene rings is 1. The maximum Gasteiger partial charge on any atom is 0.219 e. The predicted octanol–water partition coefficient (Wildman–Crippen LogP) is 5.29. The molecule has 2 aromatic heterocycles. The zero-order valence-corrected chi connectivity index (χ0v) is 24.2. The van der Waals surface area contributed by atoms with Gasteiger partial charge >= 0.3 is 0 Å². The van der Waals surface area contributed by atoms with Crippen LogP contribution in [0.5, 0.6) is 0 Å². The number of amides is 1. The van der Waals surface area contributed by atoms with E-state index in [4.69, 9.17) is 0 Å². The summed E-state index contributed by atoms with van der Waals surface area (Å²) in [5.74, 6) is 0.923. The molecule has 0 saturated carbocycles. The number of nitrogens with zero attached hydrogens (tertiary/aromatic N) is 4. The molecule has 2 N–H and O–H groups in total. The number of hydrogen-bond acceptors (Lipinski definition) is 5. The third kappa shape index (κ3) is 5.03. The van der Waals surface area contributed by atoms with Crippen molar-refractivity contribution in [2.45, 2.75) is 77.9 Å². The Bertz CT molecular complexity index is 1300. The van der Waals surface area contributed by atoms with E-state index in [1.54, 1.807) is 6.92 Å². The molecule has 0 aliphatic carbocycles. The van der Waals surface area contributed by atoms with E-state index in [0.717, 1.165) is 67.1 Å². The smallest absolute Gasteiger partial charge is 0.219 e. The molecule has 2 fully saturated rings. The summed E-state index contributed by atoms with van der Waals surface area (Å²) in [6.45, 7) is 15.8. The normalized spacial score (nSPS) is 19.8. The highest BCUT2D eigenvalue weighted by Gasteiger charge is 2.56. The van der Waals surface area contributed by atoms with E-state index < -0.39 is 5.60 Å². The van der Waals surface area contributed by atoms with Crippen LogP contribution in [-0.2, 0) is 10.4 Å². The first-order chi connectivity index (χ1) is 18.5. The number of likely N-dealkylation sites (tertiary alicyclic amines) is 2. The second-order valence-electron chi connectivity index (χ2n) is 12.5. The first-order valence-electron chi connectivity index (χ1n) is 14.4. The van der Waals surface area contributed by atoms with E-state index in [9.17, 15) is 9.90 Å². The maximum absolute atomic E-state index is 12.7. The molecule has 1 atom stereocenters. The molecule has 2 aliphatic rings. The van der Waals surface area contributed by atoms with Gasteiger partial charge in [0.25, 0.3) is 0 Å². The zero-order chi connectivity index (χ0) is 27.9. The summed E-state index contributed by atoms with van der Waals surface area (Å²) in [7, 11) is 0. The summed E-state index contributed by atoms with van der Waals surface area (Å²) in [5, 5.41) is 20.6. The fraction of sp³-hybridized carbons (Fsp3) is 0.531. The van der Waals surface area contributed by atoms with Crippen molar-refractivity contribution in [3.8, 4) is 11.3 Å². The lowest BCUT2D eigenvalue weighted by atomic mass is 9.61. The molecule has 5 rings (SSSR count). The lowest BCUT2D eigenvalue weighted by Gasteiger charge is -2.58. The third-order valence-corrected chi connectivity index (χ3v) is 9.13. The van der Waals surface area contributed by atoms with Crippen molar-refractivity contribution in [3.05, 3.63) is 71.2 Å². The van der Waals surface area contributed by atoms with Crippen molar-refractivity contribution < 1.29 is 9.90 Å². The van der Waals surface area contributed by atoms with Gasteiger partial charge in [0.15, 0.2) is 0 Å². The third-order valence-electron chi connectivity index (χ3n) is 9.13. The first kappa shape index (κ1) is 27.5. The topological polar surface area (TPSA) is 85.3 Å². The monoisotopic (exact) mass is 529 g/mol. The van der Waals surface area contributed by atoms with E-state index in [-0.39, 0.29) is 11.3 Å². The second kappa shape index (κ2) is 10.5. The number of aromatic amines is 1. The van der Waals surface area contributed by atoms with Gasteiger partial charge in [-0.05, 0) is 55.9 Å². The predicted molar refractivity (Wildman–Crippen MR) is 154 cm³/mol. The summed E-state index contributed by atoms with van der Waals surface area (Å²) in [6, 6.07) is 13.1. The number of carbonyl (C=O) groups is 1. The van der Waals surface area contributed by atoms with Gasteiger partial charge in [-0.3, -0.25) is 19.8 Å². The van der Waals surface area contributed by atoms with Gasteiger partial charge in [-0.15, -0.1) is 0 Å². The van der Waals surface area contributed by atoms with Crippen molar-refractivity contribution in [1.82, 2.24) is 25.0 Å². The molecule has 39 heavy (non-hydrogen) atoms. The lowest BCUT2D eigenvalue weighted by Crippen LogP contribution is -2.66. The van der Waals surface area contributed by atoms with Gasteiger partial charge in [0.2, 0.25) is 5.91 Å². The van der Waals surface area contributed by atoms with E-state index in [1.807, 2.05) is 17.3 Å². The molecule has 1 amide bonds. The lowest BCUT2D eigenvalue weighted by molar-refractivity contribution is -0.144. The molecule has 2 aliphatic heterocycles. The number of aromatic nitrogens is 3. The maximum atomic E-state index is 12.7. The van der Waals surface area contributed by atoms with Crippen LogP contribution in [-0.4, -0.2) is 68.2 Å². The van der Waals surface area contributed by atoms with Crippen LogP contribution >= 0.6 is 0 Å². The number of hydrogen-bond donors (Lipinski definition) is 2. The summed E-state index contributed by atoms with van der Waals surface area (Å²) < 4.78 is 0. The number of H-pyrrole nitrogens is 1. The highest BCUT2D eigenvalue weighted by molar-refractivity contribution is 5.73. The molecule has 7 heteroatoms. The quantitative estimate of drug-likeness (QED) is 0.435. The van der Waals surface area contributed by atoms with Gasteiger partial charge in [-0.25, -0.2) is 0 Å². The molecule has 3 aromatic rings. The molecule has 0 spiro atoms. The van der Waals surface area contributed by atoms with Gasteiger partial charge < -0.3 is 10.0 Å². The number of rotatable bonds is 7. The first-order valence-corrected chi connectivity index (χ1v) is 14.4. The van der Waals surface area contributed by atoms with Crippen LogP contribution in [0.3, 0.4) is 0 Å². The van der Waals surface area contributed by atoms with Gasteiger partial charge in [0.05, 0.1) is 5.69 Å². The van der Waals surface area contributed by atoms with Crippen molar-refractivity contribution in [3.63, 3.8) is 0 Å². The molecule has 2 saturated heterocycles. The van der Waals surface area contributed by atoms with E-state index in [1.165, 1.54) is 5.56 Å². The van der Waals surface area contributed by atoms with Gasteiger partial charge in [-0.1, -0.05) is 45.0 Å². The largest absolute Gasteiger partial charge is 0.380 e. The average molecular weight is 530 g/mol. The molecule has 0 radical (unpaired) electrons. The molecule has 0 unspecified atom stereocenters. The molecular formula is C32H43N5O2. The Morgan fingerprint density at radius 1 is 1.05 bits per heavy atom. The molecule has 7 nitrogen and oxygen atoms in total. The summed E-state index contributed by atoms with van der Waals surface area (Å²) in [5.41, 5.74) is 4.20. The highest BCUT2D eigenvalue weighted by atomic mass is 16.3. The van der Waals surface area contributed by atoms with Crippen molar-refractivity contribution >= 4 is 5.91 Å². The zero-order valence-electron chi connectivity index (χ0n) is 24.2. The second-order valence-corrected chi connectivity index (χ2v) is 12.5. The van der Waals surface area contributed by atoms with Crippen LogP contribution in [0.25, 0.3) is 11.3 Å². The van der Waals surface area contributed by atoms with Crippen LogP contribution in [0, 0.1) is 5.41 Å². The fourth-order valence-corrected chi connectivity index (χ4v) is 6.39. The fourth-order valence-electron chi connectivity index (χ4n) is 6.39. The standard InChI is InChI=1S/C32H43N5O2/c1-21(2)24-7-9-27(10-8-24)32(39,31(6)19-37(20-31)22(3)4)28-15-26(17-33-18-28)30-16-29(34-35-30)25-11-13-36(14-12-25)23(5)38/h7-10,15-18,21-22,25,39H,11-14,19-20H2,1-6H3,(H,34,35)/t32-/m0/s1. The Balaban J connectivity index is 1.47. The summed E-state index contributed by atoms with van der Waals surface area (Å²) in [4.78, 5) is 20.6. The van der Waals surface area contributed by atoms with Gasteiger partial charge in [0.1, 0.15) is 5.60 Å². The van der Waals surface area contributed by atoms with Crippen LogP contribution < -0.4 is 0 Å². The Morgan fingerprint density at radius 2 is 1.72 bits per heavy atom. The number of piperidine rings is 1. The molecule has 0 bridgehead atoms. The van der Waals surface area contributed by atoms with Gasteiger partial charge in [0, 0.05) is 79.7 Å². The number of pyridine rings is 1. The Hall–Kier alpha value is -3.03. The number of carbonyl (C=O) groups excluding carboxylic acids is 1. The Kier molecular flexibility index (Phi) is 7.42. The van der Waals surface area contributed by atoms with Crippen LogP contribution in [0.1, 0.15) is 88.6 Å². The van der Waals surface area contributed by atoms with E-state index in [2.05, 4.69) is 91.1 Å². The number of nitrogens with one attached hydrogen (secondary N) is 1. The average Bonchev–Trinajstić information content (AvgIpc) is 3.41. The summed E-state index contributed by atoms with van der Waals surface area (Å²) in [6.07, 6.45) is 5.49. The molecule has 208 valence electrons. The van der Waals surface area contributed by atoms with E-state index in [0.29, 0.717) is 17.9 Å². The van der Waals surface area contributed by atoms with Crippen molar-refractivity contribution in [2.24, 2.45) is 5.41 Å². The van der Waals surface area contributed by atoms with Crippen molar-refractivity contribution in [1.29, 1.82) is 0 Å². The van der Waals surface area contributed by atoms with Crippen LogP contribution in [0.2, 0.25) is 0 Å². The van der Waals surface area contributed by atoms with Gasteiger partial charge in [-0.2, -0.15) is 5.10 Å². The molecule has 4 heterocycles. The van der Waals surface area contributed by atoms with Crippen LogP contribution in [0.15, 0.2) is 48.8 Å². The van der Waals surface area contributed by atoms with Crippen molar-refractivity contribution in [2.75, 3.05) is 26.2 Å². The Morgan fingerprint density at radius 3 is 2.31 bits per heavy atom. The SMILES string of the molecule is CC(=O)N1CCC(c2cc(-c3cncc([C@@](O)(c4ccc(C(C)C)cc4)C4(C)CN(C(C)C)C4)c3)n[nH]2)CC1. The minimum Gasteiger partial charge on any atom is -0.380 e. The summed E-state index contributed by atoms with van der Waals surface area (Å²) >= 11 is 0. The molecule has 1 aromatic carbocycles. The minimum atomic E-state index is -1.20. The highest BCUT2D eigenvalue weighted by Crippen LogP contribution is 2.51. The Labute approximate surface area is 232 Å². The molecular weight excluding hydrogens is 486 g/mol. The van der Waals surface area contributed by atoms with Crippen LogP contribution in [0.4, 0.5) is 0 Å². The minimum absolute atomic E-state index is 0.143. The number of aliphatic hydroxyl groups is 1. The van der Waals surface area contributed by atoms with E-state index >= 15 is 0 Å².